The normalized spacial score (nSPS) is 14.0. The molecule has 0 aliphatic carbocycles. The van der Waals surface area contributed by atoms with Crippen LogP contribution in [0.3, 0.4) is 0 Å². The minimum absolute atomic E-state index is 0.0306. The summed E-state index contributed by atoms with van der Waals surface area (Å²) < 4.78 is 28.6. The van der Waals surface area contributed by atoms with Crippen molar-refractivity contribution in [3.8, 4) is 0 Å². The summed E-state index contributed by atoms with van der Waals surface area (Å²) >= 11 is 4.88. The Bertz CT molecular complexity index is 651. The number of nitrogens with one attached hydrogen (secondary N) is 2. The average molecular weight is 465 g/mol. The van der Waals surface area contributed by atoms with E-state index in [1.54, 1.807) is 23.9 Å². The molecule has 0 saturated carbocycles. The third kappa shape index (κ3) is 8.41. The number of sulfonamides is 1. The number of hydrogen-bond donors (Lipinski definition) is 2. The van der Waals surface area contributed by atoms with Gasteiger partial charge in [0.05, 0.1) is 4.90 Å². The summed E-state index contributed by atoms with van der Waals surface area (Å²) in [6, 6.07) is 5.63. The molecule has 1 rings (SSSR count). The van der Waals surface area contributed by atoms with Crippen LogP contribution in [-0.2, 0) is 14.8 Å². The molecule has 0 heterocycles. The SMILES string of the molecule is CCCCCC(C)NC(=O)C(CCSC)NS(=O)(=O)c1ccc(Br)cc1. The Balaban J connectivity index is 2.78. The van der Waals surface area contributed by atoms with Crippen molar-refractivity contribution in [1.82, 2.24) is 10.0 Å². The molecule has 2 atom stereocenters. The van der Waals surface area contributed by atoms with E-state index in [2.05, 4.69) is 32.9 Å². The van der Waals surface area contributed by atoms with Gasteiger partial charge in [-0.05, 0) is 56.0 Å². The highest BCUT2D eigenvalue weighted by atomic mass is 79.9. The van der Waals surface area contributed by atoms with Crippen molar-refractivity contribution in [2.45, 2.75) is 62.9 Å². The maximum Gasteiger partial charge on any atom is 0.241 e. The van der Waals surface area contributed by atoms with Crippen LogP contribution in [0.25, 0.3) is 0 Å². The summed E-state index contributed by atoms with van der Waals surface area (Å²) in [6.07, 6.45) is 6.60. The number of amides is 1. The van der Waals surface area contributed by atoms with Crippen LogP contribution >= 0.6 is 27.7 Å². The van der Waals surface area contributed by atoms with Crippen molar-refractivity contribution < 1.29 is 13.2 Å². The molecule has 0 aliphatic heterocycles. The highest BCUT2D eigenvalue weighted by molar-refractivity contribution is 9.10. The van der Waals surface area contributed by atoms with Gasteiger partial charge in [-0.25, -0.2) is 8.42 Å². The molecule has 1 aromatic rings. The topological polar surface area (TPSA) is 75.3 Å². The molecule has 0 aliphatic rings. The minimum atomic E-state index is -3.75. The molecule has 0 aromatic heterocycles. The number of halogens is 1. The molecule has 0 saturated heterocycles. The minimum Gasteiger partial charge on any atom is -0.352 e. The predicted molar refractivity (Wildman–Crippen MR) is 113 cm³/mol. The van der Waals surface area contributed by atoms with E-state index in [1.165, 1.54) is 12.1 Å². The van der Waals surface area contributed by atoms with E-state index >= 15 is 0 Å². The lowest BCUT2D eigenvalue weighted by Crippen LogP contribution is -2.49. The van der Waals surface area contributed by atoms with Crippen LogP contribution in [0.15, 0.2) is 33.6 Å². The molecular formula is C18H29BrN2O3S2. The van der Waals surface area contributed by atoms with Gasteiger partial charge >= 0.3 is 0 Å². The number of carbonyl (C=O) groups is 1. The first-order valence-electron chi connectivity index (χ1n) is 8.87. The first kappa shape index (κ1) is 23.5. The van der Waals surface area contributed by atoms with Crippen molar-refractivity contribution in [1.29, 1.82) is 0 Å². The molecule has 2 unspecified atom stereocenters. The smallest absolute Gasteiger partial charge is 0.241 e. The molecule has 0 bridgehead atoms. The Labute approximate surface area is 170 Å². The first-order valence-corrected chi connectivity index (χ1v) is 12.5. The van der Waals surface area contributed by atoms with E-state index in [9.17, 15) is 13.2 Å². The summed E-state index contributed by atoms with van der Waals surface area (Å²) in [5.41, 5.74) is 0. The number of hydrogen-bond acceptors (Lipinski definition) is 4. The number of unbranched alkanes of at least 4 members (excludes halogenated alkanes) is 2. The molecule has 1 amide bonds. The number of rotatable bonds is 12. The van der Waals surface area contributed by atoms with Crippen LogP contribution in [0, 0.1) is 0 Å². The second kappa shape index (κ2) is 12.0. The van der Waals surface area contributed by atoms with Gasteiger partial charge in [0, 0.05) is 10.5 Å². The fraction of sp³-hybridized carbons (Fsp3) is 0.611. The van der Waals surface area contributed by atoms with Gasteiger partial charge in [-0.1, -0.05) is 42.1 Å². The third-order valence-electron chi connectivity index (χ3n) is 3.98. The molecule has 0 radical (unpaired) electrons. The molecule has 148 valence electrons. The first-order chi connectivity index (χ1) is 12.3. The Morgan fingerprint density at radius 3 is 2.42 bits per heavy atom. The van der Waals surface area contributed by atoms with E-state index < -0.39 is 16.1 Å². The van der Waals surface area contributed by atoms with Crippen LogP contribution in [-0.4, -0.2) is 38.4 Å². The van der Waals surface area contributed by atoms with Gasteiger partial charge < -0.3 is 5.32 Å². The zero-order valence-corrected chi connectivity index (χ0v) is 18.8. The molecule has 8 heteroatoms. The Hall–Kier alpha value is -0.570. The summed E-state index contributed by atoms with van der Waals surface area (Å²) in [7, 11) is -3.75. The van der Waals surface area contributed by atoms with Crippen LogP contribution in [0.2, 0.25) is 0 Å². The van der Waals surface area contributed by atoms with Crippen molar-refractivity contribution >= 4 is 43.6 Å². The lowest BCUT2D eigenvalue weighted by Gasteiger charge is -2.21. The largest absolute Gasteiger partial charge is 0.352 e. The van der Waals surface area contributed by atoms with Gasteiger partial charge in [0.15, 0.2) is 0 Å². The van der Waals surface area contributed by atoms with Crippen LogP contribution in [0.5, 0.6) is 0 Å². The van der Waals surface area contributed by atoms with Gasteiger partial charge in [0.1, 0.15) is 6.04 Å². The van der Waals surface area contributed by atoms with E-state index in [4.69, 9.17) is 0 Å². The Morgan fingerprint density at radius 1 is 1.19 bits per heavy atom. The van der Waals surface area contributed by atoms with Crippen LogP contribution < -0.4 is 10.0 Å². The van der Waals surface area contributed by atoms with Crippen molar-refractivity contribution in [2.75, 3.05) is 12.0 Å². The molecule has 1 aromatic carbocycles. The molecule has 0 spiro atoms. The highest BCUT2D eigenvalue weighted by Gasteiger charge is 2.26. The van der Waals surface area contributed by atoms with Crippen molar-refractivity contribution in [3.05, 3.63) is 28.7 Å². The number of carbonyl (C=O) groups excluding carboxylic acids is 1. The van der Waals surface area contributed by atoms with Gasteiger partial charge in [-0.15, -0.1) is 0 Å². The number of thioether (sulfide) groups is 1. The van der Waals surface area contributed by atoms with E-state index in [1.807, 2.05) is 13.2 Å². The second-order valence-electron chi connectivity index (χ2n) is 6.31. The Kier molecular flexibility index (Phi) is 10.8. The van der Waals surface area contributed by atoms with Gasteiger partial charge in [0.25, 0.3) is 0 Å². The zero-order chi connectivity index (χ0) is 19.6. The fourth-order valence-electron chi connectivity index (χ4n) is 2.46. The monoisotopic (exact) mass is 464 g/mol. The summed E-state index contributed by atoms with van der Waals surface area (Å²) in [5.74, 6) is 0.439. The summed E-state index contributed by atoms with van der Waals surface area (Å²) in [6.45, 7) is 4.10. The van der Waals surface area contributed by atoms with Gasteiger partial charge in [0.2, 0.25) is 15.9 Å². The molecule has 0 fully saturated rings. The summed E-state index contributed by atoms with van der Waals surface area (Å²) in [4.78, 5) is 12.8. The third-order valence-corrected chi connectivity index (χ3v) is 6.64. The maximum absolute atomic E-state index is 12.6. The lowest BCUT2D eigenvalue weighted by molar-refractivity contribution is -0.123. The second-order valence-corrected chi connectivity index (χ2v) is 9.93. The van der Waals surface area contributed by atoms with Crippen molar-refractivity contribution in [3.63, 3.8) is 0 Å². The van der Waals surface area contributed by atoms with E-state index in [0.717, 1.165) is 30.2 Å². The number of benzene rings is 1. The molecular weight excluding hydrogens is 436 g/mol. The van der Waals surface area contributed by atoms with E-state index in [0.29, 0.717) is 12.2 Å². The fourth-order valence-corrected chi connectivity index (χ4v) is 4.43. The van der Waals surface area contributed by atoms with Crippen LogP contribution in [0.4, 0.5) is 0 Å². The molecule has 2 N–H and O–H groups in total. The Morgan fingerprint density at radius 2 is 1.85 bits per heavy atom. The van der Waals surface area contributed by atoms with Gasteiger partial charge in [-0.3, -0.25) is 4.79 Å². The van der Waals surface area contributed by atoms with Crippen molar-refractivity contribution in [2.24, 2.45) is 0 Å². The standard InChI is InChI=1S/C18H29BrN2O3S2/c1-4-5-6-7-14(2)20-18(22)17(12-13-25-3)21-26(23,24)16-10-8-15(19)9-11-16/h8-11,14,17,21H,4-7,12-13H2,1-3H3,(H,20,22). The highest BCUT2D eigenvalue weighted by Crippen LogP contribution is 2.16. The molecule has 5 nitrogen and oxygen atoms in total. The predicted octanol–water partition coefficient (Wildman–Crippen LogP) is 3.93. The zero-order valence-electron chi connectivity index (χ0n) is 15.6. The maximum atomic E-state index is 12.6. The average Bonchev–Trinajstić information content (AvgIpc) is 2.59. The molecule has 26 heavy (non-hydrogen) atoms. The quantitative estimate of drug-likeness (QED) is 0.459. The summed E-state index contributed by atoms with van der Waals surface area (Å²) in [5, 5.41) is 2.95. The lowest BCUT2D eigenvalue weighted by atomic mass is 10.1. The van der Waals surface area contributed by atoms with E-state index in [-0.39, 0.29) is 16.8 Å². The van der Waals surface area contributed by atoms with Gasteiger partial charge in [-0.2, -0.15) is 16.5 Å². The van der Waals surface area contributed by atoms with Crippen LogP contribution in [0.1, 0.15) is 46.0 Å².